The molecule has 2 heterocycles. The molecule has 7 heteroatoms. The van der Waals surface area contributed by atoms with Crippen LogP contribution in [-0.4, -0.2) is 29.3 Å². The Morgan fingerprint density at radius 2 is 2.29 bits per heavy atom. The van der Waals surface area contributed by atoms with Crippen molar-refractivity contribution in [1.29, 1.82) is 0 Å². The SMILES string of the molecule is CN(Cc1ccco1)S(=O)(=O)c1cn(C)cn1. The molecule has 0 aliphatic rings. The van der Waals surface area contributed by atoms with Gasteiger partial charge in [0, 0.05) is 20.3 Å². The molecule has 92 valence electrons. The fourth-order valence-electron chi connectivity index (χ4n) is 1.39. The van der Waals surface area contributed by atoms with E-state index in [2.05, 4.69) is 4.98 Å². The number of nitrogens with zero attached hydrogens (tertiary/aromatic N) is 3. The minimum absolute atomic E-state index is 0.0362. The van der Waals surface area contributed by atoms with Crippen LogP contribution in [0.1, 0.15) is 5.76 Å². The molecule has 0 aliphatic heterocycles. The zero-order chi connectivity index (χ0) is 12.5. The Morgan fingerprint density at radius 1 is 1.53 bits per heavy atom. The quantitative estimate of drug-likeness (QED) is 0.811. The standard InChI is InChI=1S/C10H13N3O3S/c1-12-7-10(11-8-12)17(14,15)13(2)6-9-4-3-5-16-9/h3-5,7-8H,6H2,1-2H3. The summed E-state index contributed by atoms with van der Waals surface area (Å²) in [5.74, 6) is 0.590. The van der Waals surface area contributed by atoms with Crippen LogP contribution in [0.4, 0.5) is 0 Å². The van der Waals surface area contributed by atoms with Gasteiger partial charge in [-0.3, -0.25) is 0 Å². The predicted octanol–water partition coefficient (Wildman–Crippen LogP) is 0.834. The highest BCUT2D eigenvalue weighted by molar-refractivity contribution is 7.89. The molecule has 0 aliphatic carbocycles. The molecule has 0 saturated carbocycles. The van der Waals surface area contributed by atoms with E-state index in [1.54, 1.807) is 23.7 Å². The molecule has 0 saturated heterocycles. The fourth-order valence-corrected chi connectivity index (χ4v) is 2.49. The van der Waals surface area contributed by atoms with Gasteiger partial charge in [-0.05, 0) is 12.1 Å². The number of imidazole rings is 1. The highest BCUT2D eigenvalue weighted by Gasteiger charge is 2.23. The van der Waals surface area contributed by atoms with Gasteiger partial charge in [-0.15, -0.1) is 0 Å². The van der Waals surface area contributed by atoms with Crippen LogP contribution >= 0.6 is 0 Å². The maximum Gasteiger partial charge on any atom is 0.262 e. The Hall–Kier alpha value is -1.60. The molecule has 0 unspecified atom stereocenters. The van der Waals surface area contributed by atoms with Gasteiger partial charge in [-0.25, -0.2) is 13.4 Å². The molecule has 2 aromatic heterocycles. The maximum atomic E-state index is 12.1. The van der Waals surface area contributed by atoms with E-state index in [1.165, 1.54) is 30.1 Å². The van der Waals surface area contributed by atoms with E-state index in [9.17, 15) is 8.42 Å². The van der Waals surface area contributed by atoms with Crippen LogP contribution < -0.4 is 0 Å². The second-order valence-corrected chi connectivity index (χ2v) is 5.71. The number of sulfonamides is 1. The molecule has 17 heavy (non-hydrogen) atoms. The highest BCUT2D eigenvalue weighted by Crippen LogP contribution is 2.14. The first-order valence-corrected chi connectivity index (χ1v) is 6.41. The van der Waals surface area contributed by atoms with Crippen molar-refractivity contribution >= 4 is 10.0 Å². The number of aromatic nitrogens is 2. The number of rotatable bonds is 4. The van der Waals surface area contributed by atoms with Crippen molar-refractivity contribution < 1.29 is 12.8 Å². The molecule has 0 N–H and O–H groups in total. The lowest BCUT2D eigenvalue weighted by atomic mass is 10.4. The topological polar surface area (TPSA) is 68.3 Å². The number of hydrogen-bond acceptors (Lipinski definition) is 4. The summed E-state index contributed by atoms with van der Waals surface area (Å²) in [6, 6.07) is 3.45. The van der Waals surface area contributed by atoms with E-state index in [0.717, 1.165) is 0 Å². The van der Waals surface area contributed by atoms with Gasteiger partial charge < -0.3 is 8.98 Å². The van der Waals surface area contributed by atoms with Crippen LogP contribution in [0.3, 0.4) is 0 Å². The summed E-state index contributed by atoms with van der Waals surface area (Å²) in [6.45, 7) is 0.186. The maximum absolute atomic E-state index is 12.1. The van der Waals surface area contributed by atoms with Crippen molar-refractivity contribution in [2.24, 2.45) is 7.05 Å². The normalized spacial score (nSPS) is 12.2. The third kappa shape index (κ3) is 2.40. The molecule has 0 aromatic carbocycles. The van der Waals surface area contributed by atoms with Crippen LogP contribution in [0.5, 0.6) is 0 Å². The monoisotopic (exact) mass is 255 g/mol. The van der Waals surface area contributed by atoms with Crippen molar-refractivity contribution in [1.82, 2.24) is 13.9 Å². The zero-order valence-electron chi connectivity index (χ0n) is 9.57. The predicted molar refractivity (Wildman–Crippen MR) is 60.6 cm³/mol. The van der Waals surface area contributed by atoms with Gasteiger partial charge in [-0.1, -0.05) is 0 Å². The van der Waals surface area contributed by atoms with Crippen molar-refractivity contribution in [3.63, 3.8) is 0 Å². The first-order chi connectivity index (χ1) is 8.00. The molecule has 0 atom stereocenters. The second kappa shape index (κ2) is 4.34. The average Bonchev–Trinajstić information content (AvgIpc) is 2.89. The Bertz CT molecular complexity index is 586. The summed E-state index contributed by atoms with van der Waals surface area (Å²) in [4.78, 5) is 3.84. The minimum Gasteiger partial charge on any atom is -0.468 e. The van der Waals surface area contributed by atoms with Gasteiger partial charge in [0.05, 0.1) is 19.1 Å². The van der Waals surface area contributed by atoms with Gasteiger partial charge in [-0.2, -0.15) is 4.31 Å². The van der Waals surface area contributed by atoms with Gasteiger partial charge in [0.1, 0.15) is 5.76 Å². The fraction of sp³-hybridized carbons (Fsp3) is 0.300. The number of furan rings is 1. The van der Waals surface area contributed by atoms with Crippen LogP contribution in [0, 0.1) is 0 Å². The molecule has 0 amide bonds. The second-order valence-electron chi connectivity index (χ2n) is 3.72. The van der Waals surface area contributed by atoms with Crippen molar-refractivity contribution in [3.8, 4) is 0 Å². The van der Waals surface area contributed by atoms with Crippen LogP contribution in [-0.2, 0) is 23.6 Å². The summed E-state index contributed by atoms with van der Waals surface area (Å²) in [5, 5.41) is 0.0362. The third-order valence-corrected chi connectivity index (χ3v) is 4.00. The average molecular weight is 255 g/mol. The lowest BCUT2D eigenvalue weighted by molar-refractivity contribution is 0.405. The molecule has 0 spiro atoms. The van der Waals surface area contributed by atoms with Crippen LogP contribution in [0.2, 0.25) is 0 Å². The summed E-state index contributed by atoms with van der Waals surface area (Å²) >= 11 is 0. The highest BCUT2D eigenvalue weighted by atomic mass is 32.2. The molecular weight excluding hydrogens is 242 g/mol. The largest absolute Gasteiger partial charge is 0.468 e. The number of aryl methyl sites for hydroxylation is 1. The summed E-state index contributed by atoms with van der Waals surface area (Å²) in [7, 11) is -0.339. The lowest BCUT2D eigenvalue weighted by Gasteiger charge is -2.13. The van der Waals surface area contributed by atoms with E-state index in [1.807, 2.05) is 0 Å². The molecule has 2 aromatic rings. The van der Waals surface area contributed by atoms with Gasteiger partial charge in [0.15, 0.2) is 5.03 Å². The number of hydrogen-bond donors (Lipinski definition) is 0. The molecule has 6 nitrogen and oxygen atoms in total. The zero-order valence-corrected chi connectivity index (χ0v) is 10.4. The smallest absolute Gasteiger partial charge is 0.262 e. The van der Waals surface area contributed by atoms with E-state index in [4.69, 9.17) is 4.42 Å². The summed E-state index contributed by atoms with van der Waals surface area (Å²) < 4.78 is 32.1. The van der Waals surface area contributed by atoms with Crippen molar-refractivity contribution in [3.05, 3.63) is 36.7 Å². The summed E-state index contributed by atoms with van der Waals surface area (Å²) in [6.07, 6.45) is 4.43. The van der Waals surface area contributed by atoms with Gasteiger partial charge >= 0.3 is 0 Å². The Kier molecular flexibility index (Phi) is 3.03. The van der Waals surface area contributed by atoms with E-state index < -0.39 is 10.0 Å². The summed E-state index contributed by atoms with van der Waals surface area (Å²) in [5.41, 5.74) is 0. The van der Waals surface area contributed by atoms with Crippen LogP contribution in [0.15, 0.2) is 40.4 Å². The first-order valence-electron chi connectivity index (χ1n) is 4.97. The Morgan fingerprint density at radius 3 is 2.82 bits per heavy atom. The molecule has 0 radical (unpaired) electrons. The van der Waals surface area contributed by atoms with Crippen molar-refractivity contribution in [2.75, 3.05) is 7.05 Å². The van der Waals surface area contributed by atoms with E-state index in [-0.39, 0.29) is 11.6 Å². The molecular formula is C10H13N3O3S. The Labute approximate surface area is 99.5 Å². The molecule has 0 fully saturated rings. The first kappa shape index (κ1) is 11.9. The lowest BCUT2D eigenvalue weighted by Crippen LogP contribution is -2.26. The van der Waals surface area contributed by atoms with Crippen LogP contribution in [0.25, 0.3) is 0 Å². The molecule has 2 rings (SSSR count). The van der Waals surface area contributed by atoms with E-state index >= 15 is 0 Å². The van der Waals surface area contributed by atoms with E-state index in [0.29, 0.717) is 5.76 Å². The van der Waals surface area contributed by atoms with Gasteiger partial charge in [0.25, 0.3) is 10.0 Å². The van der Waals surface area contributed by atoms with Crippen molar-refractivity contribution in [2.45, 2.75) is 11.6 Å². The Balaban J connectivity index is 2.21. The molecule has 0 bridgehead atoms. The minimum atomic E-state index is -3.55. The third-order valence-electron chi connectivity index (χ3n) is 2.31. The van der Waals surface area contributed by atoms with Gasteiger partial charge in [0.2, 0.25) is 0 Å².